The van der Waals surface area contributed by atoms with Gasteiger partial charge in [0.2, 0.25) is 5.88 Å². The van der Waals surface area contributed by atoms with E-state index in [1.54, 1.807) is 6.07 Å². The molecule has 0 N–H and O–H groups in total. The predicted octanol–water partition coefficient (Wildman–Crippen LogP) is 5.07. The molecule has 5 rings (SSSR count). The van der Waals surface area contributed by atoms with Crippen LogP contribution in [0.1, 0.15) is 22.9 Å². The van der Waals surface area contributed by atoms with Gasteiger partial charge in [0, 0.05) is 54.4 Å². The number of hydrogen-bond acceptors (Lipinski definition) is 4. The largest absolute Gasteiger partial charge is 0.493 e. The summed E-state index contributed by atoms with van der Waals surface area (Å²) in [6, 6.07) is 13.5. The summed E-state index contributed by atoms with van der Waals surface area (Å²) in [5.41, 5.74) is 2.16. The second-order valence-corrected chi connectivity index (χ2v) is 8.50. The number of hydrogen-bond donors (Lipinski definition) is 0. The van der Waals surface area contributed by atoms with Crippen LogP contribution in [0.4, 0.5) is 13.2 Å². The van der Waals surface area contributed by atoms with Crippen LogP contribution in [-0.2, 0) is 6.54 Å². The zero-order valence-electron chi connectivity index (χ0n) is 17.6. The van der Waals surface area contributed by atoms with E-state index >= 15 is 0 Å². The fraction of sp³-hybridized carbons (Fsp3) is 0.320. The van der Waals surface area contributed by atoms with E-state index in [4.69, 9.17) is 9.47 Å². The Bertz CT molecular complexity index is 1120. The molecule has 7 heteroatoms. The molecule has 0 spiro atoms. The smallest absolute Gasteiger partial charge is 0.213 e. The minimum absolute atomic E-state index is 0.0486. The van der Waals surface area contributed by atoms with Crippen LogP contribution in [0.15, 0.2) is 54.6 Å². The topological polar surface area (TPSA) is 34.6 Å². The Morgan fingerprint density at radius 2 is 1.84 bits per heavy atom. The van der Waals surface area contributed by atoms with Crippen molar-refractivity contribution in [3.8, 4) is 11.6 Å². The number of likely N-dealkylation sites (tertiary alicyclic amines) is 1. The Morgan fingerprint density at radius 3 is 2.62 bits per heavy atom. The number of ether oxygens (including phenoxy) is 2. The molecule has 3 heterocycles. The lowest BCUT2D eigenvalue weighted by Crippen LogP contribution is -2.32. The summed E-state index contributed by atoms with van der Waals surface area (Å²) in [5.74, 6) is -0.238. The first-order valence-electron chi connectivity index (χ1n) is 10.6. The highest BCUT2D eigenvalue weighted by Gasteiger charge is 2.46. The zero-order chi connectivity index (χ0) is 22.2. The first kappa shape index (κ1) is 20.8. The lowest BCUT2D eigenvalue weighted by molar-refractivity contribution is 0.121. The average Bonchev–Trinajstić information content (AvgIpc) is 3.09. The van der Waals surface area contributed by atoms with E-state index in [0.717, 1.165) is 17.3 Å². The number of benzene rings is 2. The van der Waals surface area contributed by atoms with Gasteiger partial charge in [-0.2, -0.15) is 0 Å². The number of rotatable bonds is 5. The molecule has 32 heavy (non-hydrogen) atoms. The molecule has 2 aromatic carbocycles. The highest BCUT2D eigenvalue weighted by atomic mass is 19.1. The second-order valence-electron chi connectivity index (χ2n) is 8.50. The van der Waals surface area contributed by atoms with Crippen LogP contribution < -0.4 is 9.47 Å². The molecule has 4 nitrogen and oxygen atoms in total. The molecule has 1 aromatic heterocycles. The summed E-state index contributed by atoms with van der Waals surface area (Å²) in [7, 11) is 0. The number of pyridine rings is 1. The fourth-order valence-electron chi connectivity index (χ4n) is 4.87. The molecule has 0 bridgehead atoms. The monoisotopic (exact) mass is 440 g/mol. The first-order valence-corrected chi connectivity index (χ1v) is 10.6. The van der Waals surface area contributed by atoms with E-state index in [9.17, 15) is 13.2 Å². The van der Waals surface area contributed by atoms with Crippen LogP contribution in [0.25, 0.3) is 0 Å². The van der Waals surface area contributed by atoms with Gasteiger partial charge in [-0.15, -0.1) is 0 Å². The third-order valence-electron chi connectivity index (χ3n) is 6.21. The molecule has 1 fully saturated rings. The second kappa shape index (κ2) is 8.47. The van der Waals surface area contributed by atoms with Gasteiger partial charge in [-0.05, 0) is 48.9 Å². The summed E-state index contributed by atoms with van der Waals surface area (Å²) in [6.07, 6.45) is 0. The fourth-order valence-corrected chi connectivity index (χ4v) is 4.87. The Morgan fingerprint density at radius 1 is 1.03 bits per heavy atom. The normalized spacial score (nSPS) is 22.2. The highest BCUT2D eigenvalue weighted by Crippen LogP contribution is 2.48. The molecule has 1 saturated heterocycles. The van der Waals surface area contributed by atoms with Gasteiger partial charge in [-0.25, -0.2) is 18.2 Å². The van der Waals surface area contributed by atoms with Crippen LogP contribution in [-0.4, -0.2) is 29.6 Å². The molecule has 0 unspecified atom stereocenters. The number of halogens is 3. The maximum absolute atomic E-state index is 14.1. The molecule has 3 aromatic rings. The molecule has 166 valence electrons. The SMILES string of the molecule is Cc1cccc(OC[C@@H]2CN(Cc3cc(F)cc(F)c3)[C@H]3c4cc(F)ccc4OC[C@@H]23)n1. The molecular formula is C25H23F3N2O2. The van der Waals surface area contributed by atoms with Gasteiger partial charge < -0.3 is 9.47 Å². The van der Waals surface area contributed by atoms with Crippen LogP contribution >= 0.6 is 0 Å². The van der Waals surface area contributed by atoms with Gasteiger partial charge in [0.05, 0.1) is 13.2 Å². The van der Waals surface area contributed by atoms with Gasteiger partial charge in [0.25, 0.3) is 0 Å². The molecule has 0 aliphatic carbocycles. The van der Waals surface area contributed by atoms with Crippen molar-refractivity contribution in [1.82, 2.24) is 9.88 Å². The average molecular weight is 440 g/mol. The van der Waals surface area contributed by atoms with Crippen LogP contribution in [0.5, 0.6) is 11.6 Å². The number of nitrogens with zero attached hydrogens (tertiary/aromatic N) is 2. The van der Waals surface area contributed by atoms with E-state index in [1.165, 1.54) is 24.3 Å². The third-order valence-corrected chi connectivity index (χ3v) is 6.21. The predicted molar refractivity (Wildman–Crippen MR) is 113 cm³/mol. The van der Waals surface area contributed by atoms with Crippen molar-refractivity contribution >= 4 is 0 Å². The summed E-state index contributed by atoms with van der Waals surface area (Å²) in [4.78, 5) is 6.53. The van der Waals surface area contributed by atoms with E-state index in [-0.39, 0.29) is 23.7 Å². The number of aromatic nitrogens is 1. The summed E-state index contributed by atoms with van der Waals surface area (Å²) in [6.45, 7) is 3.74. The Labute approximate surface area is 184 Å². The molecule has 2 aliphatic heterocycles. The highest BCUT2D eigenvalue weighted by molar-refractivity contribution is 5.40. The zero-order valence-corrected chi connectivity index (χ0v) is 17.6. The van der Waals surface area contributed by atoms with Gasteiger partial charge in [0.15, 0.2) is 0 Å². The van der Waals surface area contributed by atoms with E-state index < -0.39 is 11.6 Å². The Balaban J connectivity index is 1.43. The Hall–Kier alpha value is -3.06. The van der Waals surface area contributed by atoms with E-state index in [0.29, 0.717) is 43.5 Å². The van der Waals surface area contributed by atoms with Crippen molar-refractivity contribution in [2.45, 2.75) is 19.5 Å². The van der Waals surface area contributed by atoms with Crippen molar-refractivity contribution < 1.29 is 22.6 Å². The molecule has 2 aliphatic rings. The molecule has 0 saturated carbocycles. The summed E-state index contributed by atoms with van der Waals surface area (Å²) in [5, 5.41) is 0. The lowest BCUT2D eigenvalue weighted by Gasteiger charge is -2.34. The first-order chi connectivity index (χ1) is 15.5. The van der Waals surface area contributed by atoms with Gasteiger partial charge in [0.1, 0.15) is 23.2 Å². The maximum atomic E-state index is 14.1. The lowest BCUT2D eigenvalue weighted by atomic mass is 9.85. The van der Waals surface area contributed by atoms with Crippen molar-refractivity contribution in [1.29, 1.82) is 0 Å². The molecule has 0 radical (unpaired) electrons. The third kappa shape index (κ3) is 4.17. The number of fused-ring (bicyclic) bond motifs is 3. The molecular weight excluding hydrogens is 417 g/mol. The van der Waals surface area contributed by atoms with Crippen LogP contribution in [0.2, 0.25) is 0 Å². The van der Waals surface area contributed by atoms with Crippen LogP contribution in [0.3, 0.4) is 0 Å². The number of aryl methyl sites for hydroxylation is 1. The Kier molecular flexibility index (Phi) is 5.51. The summed E-state index contributed by atoms with van der Waals surface area (Å²) >= 11 is 0. The van der Waals surface area contributed by atoms with E-state index in [1.807, 2.05) is 25.1 Å². The van der Waals surface area contributed by atoms with E-state index in [2.05, 4.69) is 9.88 Å². The quantitative estimate of drug-likeness (QED) is 0.555. The van der Waals surface area contributed by atoms with Crippen molar-refractivity contribution in [3.05, 3.63) is 88.9 Å². The van der Waals surface area contributed by atoms with Crippen LogP contribution in [0, 0.1) is 36.2 Å². The van der Waals surface area contributed by atoms with Crippen molar-refractivity contribution in [2.24, 2.45) is 11.8 Å². The van der Waals surface area contributed by atoms with Gasteiger partial charge in [-0.3, -0.25) is 4.90 Å². The summed E-state index contributed by atoms with van der Waals surface area (Å²) < 4.78 is 53.6. The van der Waals surface area contributed by atoms with Gasteiger partial charge in [-0.1, -0.05) is 6.07 Å². The minimum Gasteiger partial charge on any atom is -0.493 e. The minimum atomic E-state index is -0.612. The maximum Gasteiger partial charge on any atom is 0.213 e. The van der Waals surface area contributed by atoms with Crippen molar-refractivity contribution in [2.75, 3.05) is 19.8 Å². The van der Waals surface area contributed by atoms with Gasteiger partial charge >= 0.3 is 0 Å². The molecule has 0 amide bonds. The standard InChI is InChI=1S/C25H23F3N2O2/c1-15-3-2-4-24(29-15)32-13-17-12-30(11-16-7-19(27)9-20(28)8-16)25-21-10-18(26)5-6-23(21)31-14-22(17)25/h2-10,17,22,25H,11-14H2,1H3/t17-,22-,25-/m0/s1. The van der Waals surface area contributed by atoms with Crippen molar-refractivity contribution in [3.63, 3.8) is 0 Å². The molecule has 3 atom stereocenters.